The maximum absolute atomic E-state index is 5.80. The minimum absolute atomic E-state index is 0.507. The van der Waals surface area contributed by atoms with Gasteiger partial charge < -0.3 is 4.74 Å². The van der Waals surface area contributed by atoms with Gasteiger partial charge in [-0.25, -0.2) is 4.98 Å². The van der Waals surface area contributed by atoms with E-state index in [4.69, 9.17) is 16.3 Å². The van der Waals surface area contributed by atoms with Crippen LogP contribution in [0.1, 0.15) is 12.0 Å². The van der Waals surface area contributed by atoms with Gasteiger partial charge in [0.05, 0.1) is 13.2 Å². The molecule has 4 nitrogen and oxygen atoms in total. The van der Waals surface area contributed by atoms with Gasteiger partial charge in [0.25, 0.3) is 0 Å². The first-order valence-electron chi connectivity index (χ1n) is 6.26. The van der Waals surface area contributed by atoms with E-state index in [0.717, 1.165) is 51.4 Å². The Kier molecular flexibility index (Phi) is 5.58. The van der Waals surface area contributed by atoms with Gasteiger partial charge in [-0.15, -0.1) is 0 Å². The molecule has 1 aromatic heterocycles. The molecule has 0 aliphatic carbocycles. The van der Waals surface area contributed by atoms with Gasteiger partial charge in [0, 0.05) is 38.6 Å². The fourth-order valence-electron chi connectivity index (χ4n) is 1.88. The highest BCUT2D eigenvalue weighted by molar-refractivity contribution is 6.29. The average molecular weight is 268 g/mol. The Balaban J connectivity index is 1.65. The number of morpholine rings is 1. The fourth-order valence-corrected chi connectivity index (χ4v) is 2.06. The Morgan fingerprint density at radius 2 is 2.28 bits per heavy atom. The fraction of sp³-hybridized carbons (Fsp3) is 0.538. The van der Waals surface area contributed by atoms with Crippen molar-refractivity contribution in [3.63, 3.8) is 0 Å². The van der Waals surface area contributed by atoms with Crippen molar-refractivity contribution >= 4 is 17.8 Å². The number of nitrogens with zero attached hydrogens (tertiary/aromatic N) is 3. The van der Waals surface area contributed by atoms with Crippen LogP contribution < -0.4 is 0 Å². The molecule has 1 aliphatic rings. The number of rotatable bonds is 5. The molecule has 1 aromatic rings. The molecule has 0 saturated carbocycles. The van der Waals surface area contributed by atoms with Crippen LogP contribution in [0.25, 0.3) is 0 Å². The lowest BCUT2D eigenvalue weighted by molar-refractivity contribution is 0.0377. The third-order valence-electron chi connectivity index (χ3n) is 2.86. The van der Waals surface area contributed by atoms with Crippen LogP contribution in [0.4, 0.5) is 0 Å². The number of hydrogen-bond donors (Lipinski definition) is 0. The number of pyridine rings is 1. The molecule has 1 fully saturated rings. The first kappa shape index (κ1) is 13.5. The van der Waals surface area contributed by atoms with Crippen molar-refractivity contribution in [3.8, 4) is 0 Å². The summed E-state index contributed by atoms with van der Waals surface area (Å²) in [7, 11) is 0. The molecule has 5 heteroatoms. The zero-order valence-corrected chi connectivity index (χ0v) is 11.1. The molecule has 0 amide bonds. The minimum atomic E-state index is 0.507. The highest BCUT2D eigenvalue weighted by Gasteiger charge is 2.08. The molecule has 0 aromatic carbocycles. The molecule has 0 atom stereocenters. The van der Waals surface area contributed by atoms with E-state index in [-0.39, 0.29) is 0 Å². The summed E-state index contributed by atoms with van der Waals surface area (Å²) >= 11 is 5.80. The number of halogens is 1. The molecule has 1 saturated heterocycles. The van der Waals surface area contributed by atoms with Crippen molar-refractivity contribution in [2.45, 2.75) is 6.42 Å². The Bertz CT molecular complexity index is 392. The van der Waals surface area contributed by atoms with Gasteiger partial charge in [-0.3, -0.25) is 9.89 Å². The maximum atomic E-state index is 5.80. The molecule has 1 aliphatic heterocycles. The van der Waals surface area contributed by atoms with Crippen LogP contribution in [0.5, 0.6) is 0 Å². The highest BCUT2D eigenvalue weighted by atomic mass is 35.5. The quantitative estimate of drug-likeness (QED) is 0.464. The van der Waals surface area contributed by atoms with Gasteiger partial charge in [0.15, 0.2) is 0 Å². The van der Waals surface area contributed by atoms with Crippen molar-refractivity contribution in [3.05, 3.63) is 29.0 Å². The Morgan fingerprint density at radius 3 is 3.06 bits per heavy atom. The third kappa shape index (κ3) is 4.72. The predicted molar refractivity (Wildman–Crippen MR) is 73.6 cm³/mol. The molecular weight excluding hydrogens is 250 g/mol. The zero-order chi connectivity index (χ0) is 12.6. The number of ether oxygens (including phenoxy) is 1. The molecule has 0 spiro atoms. The van der Waals surface area contributed by atoms with Gasteiger partial charge in [0.1, 0.15) is 5.15 Å². The summed E-state index contributed by atoms with van der Waals surface area (Å²) in [5, 5.41) is 0.507. The van der Waals surface area contributed by atoms with E-state index in [1.807, 2.05) is 18.3 Å². The normalized spacial score (nSPS) is 17.4. The van der Waals surface area contributed by atoms with E-state index < -0.39 is 0 Å². The lowest BCUT2D eigenvalue weighted by atomic mass is 10.3. The first-order valence-corrected chi connectivity index (χ1v) is 6.64. The van der Waals surface area contributed by atoms with Gasteiger partial charge in [-0.05, 0) is 24.1 Å². The van der Waals surface area contributed by atoms with Gasteiger partial charge in [-0.1, -0.05) is 11.6 Å². The SMILES string of the molecule is Clc1cc(C=NCCCN2CCOCC2)ccn1. The second-order valence-electron chi connectivity index (χ2n) is 4.25. The number of aromatic nitrogens is 1. The van der Waals surface area contributed by atoms with E-state index in [2.05, 4.69) is 14.9 Å². The number of hydrogen-bond acceptors (Lipinski definition) is 4. The van der Waals surface area contributed by atoms with Crippen LogP contribution in [0, 0.1) is 0 Å². The van der Waals surface area contributed by atoms with Crippen LogP contribution in [0.2, 0.25) is 5.15 Å². The zero-order valence-electron chi connectivity index (χ0n) is 10.4. The maximum Gasteiger partial charge on any atom is 0.129 e. The average Bonchev–Trinajstić information content (AvgIpc) is 2.40. The molecule has 98 valence electrons. The van der Waals surface area contributed by atoms with Crippen LogP contribution in [-0.2, 0) is 4.74 Å². The van der Waals surface area contributed by atoms with Crippen LogP contribution in [-0.4, -0.2) is 55.5 Å². The lowest BCUT2D eigenvalue weighted by Crippen LogP contribution is -2.37. The van der Waals surface area contributed by atoms with Gasteiger partial charge in [0.2, 0.25) is 0 Å². The molecule has 2 heterocycles. The largest absolute Gasteiger partial charge is 0.379 e. The van der Waals surface area contributed by atoms with Gasteiger partial charge >= 0.3 is 0 Å². The Hall–Kier alpha value is -0.970. The smallest absolute Gasteiger partial charge is 0.129 e. The molecule has 2 rings (SSSR count). The third-order valence-corrected chi connectivity index (χ3v) is 3.06. The van der Waals surface area contributed by atoms with E-state index >= 15 is 0 Å². The topological polar surface area (TPSA) is 37.7 Å². The molecule has 0 N–H and O–H groups in total. The Labute approximate surface area is 113 Å². The molecule has 0 radical (unpaired) electrons. The van der Waals surface area contributed by atoms with Crippen molar-refractivity contribution in [1.82, 2.24) is 9.88 Å². The molecular formula is C13H18ClN3O. The summed E-state index contributed by atoms with van der Waals surface area (Å²) in [6.07, 6.45) is 4.62. The van der Waals surface area contributed by atoms with Gasteiger partial charge in [-0.2, -0.15) is 0 Å². The van der Waals surface area contributed by atoms with Crippen LogP contribution >= 0.6 is 11.6 Å². The second-order valence-corrected chi connectivity index (χ2v) is 4.64. The standard InChI is InChI=1S/C13H18ClN3O/c14-13-10-12(2-4-16-13)11-15-3-1-5-17-6-8-18-9-7-17/h2,4,10-11H,1,3,5-9H2. The minimum Gasteiger partial charge on any atom is -0.379 e. The van der Waals surface area contributed by atoms with Crippen LogP contribution in [0.3, 0.4) is 0 Å². The lowest BCUT2D eigenvalue weighted by Gasteiger charge is -2.26. The van der Waals surface area contributed by atoms with Crippen molar-refractivity contribution in [2.24, 2.45) is 4.99 Å². The first-order chi connectivity index (χ1) is 8.84. The highest BCUT2D eigenvalue weighted by Crippen LogP contribution is 2.04. The summed E-state index contributed by atoms with van der Waals surface area (Å²) in [5.41, 5.74) is 1.00. The van der Waals surface area contributed by atoms with E-state index in [1.54, 1.807) is 6.20 Å². The molecule has 18 heavy (non-hydrogen) atoms. The summed E-state index contributed by atoms with van der Waals surface area (Å²) in [5.74, 6) is 0. The van der Waals surface area contributed by atoms with Crippen molar-refractivity contribution in [1.29, 1.82) is 0 Å². The predicted octanol–water partition coefficient (Wildman–Crippen LogP) is 1.88. The van der Waals surface area contributed by atoms with Crippen molar-refractivity contribution < 1.29 is 4.74 Å². The second kappa shape index (κ2) is 7.46. The van der Waals surface area contributed by atoms with Crippen molar-refractivity contribution in [2.75, 3.05) is 39.4 Å². The molecule has 0 bridgehead atoms. The van der Waals surface area contributed by atoms with E-state index in [9.17, 15) is 0 Å². The summed E-state index contributed by atoms with van der Waals surface area (Å²) in [4.78, 5) is 10.7. The van der Waals surface area contributed by atoms with E-state index in [0.29, 0.717) is 5.15 Å². The summed E-state index contributed by atoms with van der Waals surface area (Å²) in [6.45, 7) is 5.75. The molecule has 0 unspecified atom stereocenters. The summed E-state index contributed by atoms with van der Waals surface area (Å²) < 4.78 is 5.31. The Morgan fingerprint density at radius 1 is 1.44 bits per heavy atom. The monoisotopic (exact) mass is 267 g/mol. The number of aliphatic imine (C=N–C) groups is 1. The van der Waals surface area contributed by atoms with Crippen LogP contribution in [0.15, 0.2) is 23.3 Å². The summed E-state index contributed by atoms with van der Waals surface area (Å²) in [6, 6.07) is 3.71. The van der Waals surface area contributed by atoms with E-state index in [1.165, 1.54) is 0 Å².